The Morgan fingerprint density at radius 3 is 2.18 bits per heavy atom. The quantitative estimate of drug-likeness (QED) is 0.667. The van der Waals surface area contributed by atoms with E-state index in [1.165, 1.54) is 24.3 Å². The number of carbonyl (C=O) groups excluding carboxylic acids is 1. The van der Waals surface area contributed by atoms with Gasteiger partial charge in [-0.25, -0.2) is 26.6 Å². The van der Waals surface area contributed by atoms with E-state index in [0.29, 0.717) is 12.1 Å². The van der Waals surface area contributed by atoms with E-state index in [0.717, 1.165) is 6.26 Å². The zero-order valence-electron chi connectivity index (χ0n) is 14.2. The molecule has 0 radical (unpaired) electrons. The molecule has 0 unspecified atom stereocenters. The van der Waals surface area contributed by atoms with Gasteiger partial charge in [0.2, 0.25) is 11.8 Å². The monoisotopic (exact) mass is 411 g/mol. The van der Waals surface area contributed by atoms with Gasteiger partial charge in [-0.2, -0.15) is 0 Å². The number of aromatic nitrogens is 1. The van der Waals surface area contributed by atoms with Gasteiger partial charge in [0, 0.05) is 24.1 Å². The van der Waals surface area contributed by atoms with Crippen molar-refractivity contribution in [2.24, 2.45) is 5.73 Å². The predicted molar refractivity (Wildman–Crippen MR) is 93.2 cm³/mol. The minimum absolute atomic E-state index is 0.0573. The zero-order valence-corrected chi connectivity index (χ0v) is 15.0. The molecule has 3 aromatic rings. The van der Waals surface area contributed by atoms with Gasteiger partial charge in [0.05, 0.1) is 4.90 Å². The van der Waals surface area contributed by atoms with Gasteiger partial charge in [0.25, 0.3) is 5.91 Å². The molecule has 3 N–H and O–H groups in total. The van der Waals surface area contributed by atoms with Crippen molar-refractivity contribution in [1.82, 2.24) is 4.98 Å². The number of nitrogens with two attached hydrogens (primary N) is 1. The van der Waals surface area contributed by atoms with Gasteiger partial charge in [-0.1, -0.05) is 0 Å². The molecule has 0 bridgehead atoms. The minimum atomic E-state index is -3.41. The summed E-state index contributed by atoms with van der Waals surface area (Å²) in [6, 6.07) is 6.23. The zero-order chi connectivity index (χ0) is 20.6. The summed E-state index contributed by atoms with van der Waals surface area (Å²) in [7, 11) is -3.41. The van der Waals surface area contributed by atoms with Gasteiger partial charge in [-0.15, -0.1) is 0 Å². The second-order valence-electron chi connectivity index (χ2n) is 5.73. The van der Waals surface area contributed by atoms with E-state index < -0.39 is 50.3 Å². The van der Waals surface area contributed by atoms with E-state index in [-0.39, 0.29) is 16.5 Å². The lowest BCUT2D eigenvalue weighted by Crippen LogP contribution is -2.13. The normalized spacial score (nSPS) is 11.4. The van der Waals surface area contributed by atoms with Crippen LogP contribution in [0.5, 0.6) is 0 Å². The average Bonchev–Trinajstić information content (AvgIpc) is 2.97. The van der Waals surface area contributed by atoms with E-state index in [9.17, 15) is 26.4 Å². The molecule has 3 rings (SSSR count). The van der Waals surface area contributed by atoms with Crippen molar-refractivity contribution >= 4 is 27.3 Å². The Labute approximate surface area is 156 Å². The SMILES string of the molecule is CS(=O)(=O)c1ccc(Nc2oc(-c3c(F)cc(F)cc3F)nc2C(N)=O)cc1. The van der Waals surface area contributed by atoms with Crippen LogP contribution < -0.4 is 11.1 Å². The highest BCUT2D eigenvalue weighted by molar-refractivity contribution is 7.90. The van der Waals surface area contributed by atoms with Gasteiger partial charge in [0.15, 0.2) is 15.5 Å². The summed E-state index contributed by atoms with van der Waals surface area (Å²) in [5, 5.41) is 2.63. The molecule has 28 heavy (non-hydrogen) atoms. The highest BCUT2D eigenvalue weighted by Crippen LogP contribution is 2.32. The van der Waals surface area contributed by atoms with Crippen molar-refractivity contribution in [1.29, 1.82) is 0 Å². The second kappa shape index (κ2) is 7.00. The Balaban J connectivity index is 2.02. The highest BCUT2D eigenvalue weighted by Gasteiger charge is 2.24. The van der Waals surface area contributed by atoms with E-state index in [1.807, 2.05) is 0 Å². The summed E-state index contributed by atoms with van der Waals surface area (Å²) in [5.74, 6) is -5.69. The molecule has 0 spiro atoms. The van der Waals surface area contributed by atoms with Crippen LogP contribution in [0.15, 0.2) is 45.7 Å². The smallest absolute Gasteiger partial charge is 0.273 e. The van der Waals surface area contributed by atoms with Crippen LogP contribution in [0.1, 0.15) is 10.5 Å². The van der Waals surface area contributed by atoms with Gasteiger partial charge in [0.1, 0.15) is 23.0 Å². The molecule has 1 amide bonds. The summed E-state index contributed by atoms with van der Waals surface area (Å²) >= 11 is 0. The first-order valence-electron chi connectivity index (χ1n) is 7.59. The number of primary amides is 1. The number of halogens is 3. The molecule has 11 heteroatoms. The lowest BCUT2D eigenvalue weighted by atomic mass is 10.2. The van der Waals surface area contributed by atoms with Gasteiger partial charge < -0.3 is 15.5 Å². The van der Waals surface area contributed by atoms with Crippen molar-refractivity contribution in [2.45, 2.75) is 4.90 Å². The first-order valence-corrected chi connectivity index (χ1v) is 9.48. The van der Waals surface area contributed by atoms with Crippen molar-refractivity contribution in [3.63, 3.8) is 0 Å². The summed E-state index contributed by atoms with van der Waals surface area (Å²) in [6.45, 7) is 0. The fourth-order valence-electron chi connectivity index (χ4n) is 2.34. The lowest BCUT2D eigenvalue weighted by molar-refractivity contribution is 0.0996. The Bertz CT molecular complexity index is 1150. The number of carbonyl (C=O) groups is 1. The standard InChI is InChI=1S/C17H12F3N3O4S/c1-28(25,26)10-4-2-9(3-5-10)22-17-14(15(21)24)23-16(27-17)13-11(19)6-8(18)7-12(13)20/h2-7,22H,1H3,(H2,21,24). The number of rotatable bonds is 5. The van der Waals surface area contributed by atoms with Gasteiger partial charge in [-0.3, -0.25) is 4.79 Å². The first-order chi connectivity index (χ1) is 13.1. The molecule has 0 aliphatic rings. The lowest BCUT2D eigenvalue weighted by Gasteiger charge is -2.05. The number of benzene rings is 2. The highest BCUT2D eigenvalue weighted by atomic mass is 32.2. The van der Waals surface area contributed by atoms with E-state index in [4.69, 9.17) is 10.2 Å². The summed E-state index contributed by atoms with van der Waals surface area (Å²) in [4.78, 5) is 15.3. The number of anilines is 2. The number of hydrogen-bond acceptors (Lipinski definition) is 6. The van der Waals surface area contributed by atoms with Gasteiger partial charge >= 0.3 is 0 Å². The Hall–Kier alpha value is -3.34. The molecule has 146 valence electrons. The van der Waals surface area contributed by atoms with Crippen molar-refractivity contribution in [2.75, 3.05) is 11.6 Å². The number of sulfone groups is 1. The molecule has 1 aromatic heterocycles. The van der Waals surface area contributed by atoms with E-state index in [1.54, 1.807) is 0 Å². The van der Waals surface area contributed by atoms with Crippen LogP contribution in [-0.4, -0.2) is 25.6 Å². The third-order valence-corrected chi connectivity index (χ3v) is 4.75. The molecular weight excluding hydrogens is 399 g/mol. The molecule has 0 atom stereocenters. The molecular formula is C17H12F3N3O4S. The number of nitrogens with zero attached hydrogens (tertiary/aromatic N) is 1. The van der Waals surface area contributed by atoms with Crippen LogP contribution in [0.3, 0.4) is 0 Å². The second-order valence-corrected chi connectivity index (χ2v) is 7.74. The molecule has 0 aliphatic heterocycles. The number of amides is 1. The Kier molecular flexibility index (Phi) is 4.86. The minimum Gasteiger partial charge on any atom is -0.419 e. The van der Waals surface area contributed by atoms with Crippen molar-refractivity contribution in [3.05, 3.63) is 59.5 Å². The van der Waals surface area contributed by atoms with Crippen LogP contribution in [0.4, 0.5) is 24.7 Å². The van der Waals surface area contributed by atoms with Gasteiger partial charge in [-0.05, 0) is 24.3 Å². The average molecular weight is 411 g/mol. The fourth-order valence-corrected chi connectivity index (χ4v) is 2.97. The van der Waals surface area contributed by atoms with Crippen LogP contribution >= 0.6 is 0 Å². The van der Waals surface area contributed by atoms with E-state index >= 15 is 0 Å². The van der Waals surface area contributed by atoms with E-state index in [2.05, 4.69) is 10.3 Å². The third-order valence-electron chi connectivity index (χ3n) is 3.62. The number of hydrogen-bond donors (Lipinski definition) is 2. The maximum absolute atomic E-state index is 13.9. The first kappa shape index (κ1) is 19.4. The number of nitrogens with one attached hydrogen (secondary N) is 1. The maximum Gasteiger partial charge on any atom is 0.273 e. The predicted octanol–water partition coefficient (Wildman–Crippen LogP) is 3.00. The summed E-state index contributed by atoms with van der Waals surface area (Å²) in [6.07, 6.45) is 1.04. The molecule has 0 fully saturated rings. The maximum atomic E-state index is 13.9. The molecule has 0 aliphatic carbocycles. The molecule has 7 nitrogen and oxygen atoms in total. The van der Waals surface area contributed by atoms with Crippen LogP contribution in [-0.2, 0) is 9.84 Å². The summed E-state index contributed by atoms with van der Waals surface area (Å²) in [5.41, 5.74) is 4.28. The van der Waals surface area contributed by atoms with Crippen LogP contribution in [0.25, 0.3) is 11.5 Å². The van der Waals surface area contributed by atoms with Crippen molar-refractivity contribution < 1.29 is 30.8 Å². The third kappa shape index (κ3) is 3.83. The molecule has 2 aromatic carbocycles. The van der Waals surface area contributed by atoms with Crippen LogP contribution in [0, 0.1) is 17.5 Å². The Morgan fingerprint density at radius 1 is 1.11 bits per heavy atom. The largest absolute Gasteiger partial charge is 0.419 e. The topological polar surface area (TPSA) is 115 Å². The fraction of sp³-hybridized carbons (Fsp3) is 0.0588. The molecule has 0 saturated carbocycles. The Morgan fingerprint density at radius 2 is 1.68 bits per heavy atom. The molecule has 1 heterocycles. The summed E-state index contributed by atoms with van der Waals surface area (Å²) < 4.78 is 69.2. The number of oxazole rings is 1. The van der Waals surface area contributed by atoms with Crippen molar-refractivity contribution in [3.8, 4) is 11.5 Å². The van der Waals surface area contributed by atoms with Crippen LogP contribution in [0.2, 0.25) is 0 Å². The molecule has 0 saturated heterocycles.